The Morgan fingerprint density at radius 3 is 2.21 bits per heavy atom. The van der Waals surface area contributed by atoms with Gasteiger partial charge in [-0.15, -0.1) is 5.10 Å². The minimum atomic E-state index is -4.85. The highest BCUT2D eigenvalue weighted by molar-refractivity contribution is 5.76. The van der Waals surface area contributed by atoms with Crippen LogP contribution in [0, 0.1) is 18.3 Å². The number of nitrogens with one attached hydrogen (secondary N) is 1. The quantitative estimate of drug-likeness (QED) is 0.594. The largest absolute Gasteiger partial charge is 0.417 e. The molecule has 0 spiro atoms. The molecule has 2 aromatic carbocycles. The molecule has 4 nitrogen and oxygen atoms in total. The first-order valence-electron chi connectivity index (χ1n) is 7.72. The Labute approximate surface area is 154 Å². The van der Waals surface area contributed by atoms with Gasteiger partial charge in [0.15, 0.2) is 5.69 Å². The van der Waals surface area contributed by atoms with E-state index in [0.29, 0.717) is 23.8 Å². The Morgan fingerprint density at radius 2 is 1.61 bits per heavy atom. The van der Waals surface area contributed by atoms with Gasteiger partial charge in [0.05, 0.1) is 11.1 Å². The van der Waals surface area contributed by atoms with Crippen molar-refractivity contribution in [3.05, 3.63) is 58.8 Å². The Hall–Kier alpha value is -3.35. The number of H-pyrrole nitrogens is 1. The molecule has 0 saturated carbocycles. The monoisotopic (exact) mass is 396 g/mol. The summed E-state index contributed by atoms with van der Waals surface area (Å²) in [6, 6.07) is 7.21. The van der Waals surface area contributed by atoms with Crippen LogP contribution in [-0.4, -0.2) is 15.4 Å². The van der Waals surface area contributed by atoms with Crippen molar-refractivity contribution in [1.29, 1.82) is 5.26 Å². The number of hydrogen-bond donors (Lipinski definition) is 1. The van der Waals surface area contributed by atoms with E-state index in [1.165, 1.54) is 12.1 Å². The van der Waals surface area contributed by atoms with Crippen LogP contribution < -0.4 is 0 Å². The third kappa shape index (κ3) is 3.69. The first-order valence-corrected chi connectivity index (χ1v) is 7.72. The molecular weight excluding hydrogens is 386 g/mol. The van der Waals surface area contributed by atoms with Crippen molar-refractivity contribution in [3.63, 3.8) is 0 Å². The van der Waals surface area contributed by atoms with Crippen molar-refractivity contribution in [2.24, 2.45) is 0 Å². The Bertz CT molecular complexity index is 1070. The highest BCUT2D eigenvalue weighted by Gasteiger charge is 2.37. The van der Waals surface area contributed by atoms with E-state index in [4.69, 9.17) is 5.26 Å². The lowest BCUT2D eigenvalue weighted by Crippen LogP contribution is -2.11. The van der Waals surface area contributed by atoms with Crippen LogP contribution in [0.25, 0.3) is 22.4 Å². The smallest absolute Gasteiger partial charge is 0.247 e. The van der Waals surface area contributed by atoms with Gasteiger partial charge in [-0.2, -0.15) is 31.6 Å². The van der Waals surface area contributed by atoms with Crippen molar-refractivity contribution in [2.45, 2.75) is 19.3 Å². The number of nitriles is 1. The zero-order valence-electron chi connectivity index (χ0n) is 14.1. The second-order valence-electron chi connectivity index (χ2n) is 5.99. The van der Waals surface area contributed by atoms with Crippen LogP contribution in [0.3, 0.4) is 0 Å². The summed E-state index contributed by atoms with van der Waals surface area (Å²) in [5, 5.41) is 18.6. The zero-order valence-corrected chi connectivity index (χ0v) is 14.1. The SMILES string of the molecule is Cc1cc(-c2cc(C(F)(F)F)ccc2C(F)(F)F)cc(-c2nn[nH]c2C#N)c1. The van der Waals surface area contributed by atoms with E-state index in [2.05, 4.69) is 15.4 Å². The van der Waals surface area contributed by atoms with Gasteiger partial charge in [0.2, 0.25) is 0 Å². The highest BCUT2D eigenvalue weighted by atomic mass is 19.4. The predicted octanol–water partition coefficient (Wildman–Crippen LogP) is 5.36. The number of benzene rings is 2. The number of alkyl halides is 6. The molecule has 1 N–H and O–H groups in total. The number of aryl methyl sites for hydroxylation is 1. The molecule has 1 aromatic heterocycles. The molecule has 0 atom stereocenters. The highest BCUT2D eigenvalue weighted by Crippen LogP contribution is 2.41. The second-order valence-corrected chi connectivity index (χ2v) is 5.99. The van der Waals surface area contributed by atoms with E-state index >= 15 is 0 Å². The normalized spacial score (nSPS) is 12.1. The van der Waals surface area contributed by atoms with Crippen LogP contribution >= 0.6 is 0 Å². The standard InChI is InChI=1S/C18H10F6N4/c1-9-4-10(6-11(5-9)16-15(8-25)26-28-27-16)13-7-12(17(19,20)21)2-3-14(13)18(22,23)24/h2-7H,1H3,(H,26,27,28). The zero-order chi connectivity index (χ0) is 20.7. The predicted molar refractivity (Wildman–Crippen MR) is 86.7 cm³/mol. The summed E-state index contributed by atoms with van der Waals surface area (Å²) < 4.78 is 79.4. The molecule has 0 fully saturated rings. The van der Waals surface area contributed by atoms with E-state index in [0.717, 1.165) is 0 Å². The maximum absolute atomic E-state index is 13.4. The van der Waals surface area contributed by atoms with Crippen molar-refractivity contribution >= 4 is 0 Å². The maximum Gasteiger partial charge on any atom is 0.417 e. The average molecular weight is 396 g/mol. The molecule has 0 aliphatic heterocycles. The number of nitrogens with zero attached hydrogens (tertiary/aromatic N) is 3. The van der Waals surface area contributed by atoms with E-state index in [-0.39, 0.29) is 22.5 Å². The van der Waals surface area contributed by atoms with Gasteiger partial charge >= 0.3 is 12.4 Å². The van der Waals surface area contributed by atoms with Crippen LogP contribution in [0.5, 0.6) is 0 Å². The molecular formula is C18H10F6N4. The van der Waals surface area contributed by atoms with Gasteiger partial charge < -0.3 is 0 Å². The van der Waals surface area contributed by atoms with E-state index < -0.39 is 29.0 Å². The Morgan fingerprint density at radius 1 is 0.929 bits per heavy atom. The number of aromatic nitrogens is 3. The van der Waals surface area contributed by atoms with Crippen LogP contribution in [-0.2, 0) is 12.4 Å². The second kappa shape index (κ2) is 6.67. The number of aromatic amines is 1. The van der Waals surface area contributed by atoms with E-state index in [1.54, 1.807) is 13.0 Å². The van der Waals surface area contributed by atoms with E-state index in [1.807, 2.05) is 6.07 Å². The molecule has 0 aliphatic rings. The summed E-state index contributed by atoms with van der Waals surface area (Å²) >= 11 is 0. The Balaban J connectivity index is 2.27. The lowest BCUT2D eigenvalue weighted by atomic mass is 9.93. The molecule has 28 heavy (non-hydrogen) atoms. The summed E-state index contributed by atoms with van der Waals surface area (Å²) in [6.07, 6.45) is -9.65. The summed E-state index contributed by atoms with van der Waals surface area (Å²) in [5.74, 6) is 0. The van der Waals surface area contributed by atoms with Crippen LogP contribution in [0.4, 0.5) is 26.3 Å². The average Bonchev–Trinajstić information content (AvgIpc) is 3.08. The van der Waals surface area contributed by atoms with Crippen LogP contribution in [0.1, 0.15) is 22.4 Å². The maximum atomic E-state index is 13.4. The van der Waals surface area contributed by atoms with Gasteiger partial charge in [0.1, 0.15) is 11.8 Å². The molecule has 3 aromatic rings. The van der Waals surface area contributed by atoms with Crippen molar-refractivity contribution in [1.82, 2.24) is 15.4 Å². The minimum absolute atomic E-state index is 0.0170. The lowest BCUT2D eigenvalue weighted by molar-refractivity contribution is -0.141. The van der Waals surface area contributed by atoms with Gasteiger partial charge in [-0.1, -0.05) is 11.3 Å². The molecule has 0 bridgehead atoms. The minimum Gasteiger partial charge on any atom is -0.247 e. The molecule has 3 rings (SSSR count). The van der Waals surface area contributed by atoms with Gasteiger partial charge in [0, 0.05) is 5.56 Å². The van der Waals surface area contributed by atoms with Gasteiger partial charge in [-0.05, 0) is 53.9 Å². The van der Waals surface area contributed by atoms with E-state index in [9.17, 15) is 26.3 Å². The number of rotatable bonds is 2. The third-order valence-electron chi connectivity index (χ3n) is 3.97. The fourth-order valence-electron chi connectivity index (χ4n) is 2.79. The summed E-state index contributed by atoms with van der Waals surface area (Å²) in [4.78, 5) is 0. The van der Waals surface area contributed by atoms with Gasteiger partial charge in [0.25, 0.3) is 0 Å². The molecule has 0 saturated heterocycles. The fraction of sp³-hybridized carbons (Fsp3) is 0.167. The van der Waals surface area contributed by atoms with Crippen LogP contribution in [0.2, 0.25) is 0 Å². The van der Waals surface area contributed by atoms with Crippen LogP contribution in [0.15, 0.2) is 36.4 Å². The van der Waals surface area contributed by atoms with Gasteiger partial charge in [-0.3, -0.25) is 0 Å². The molecule has 1 heterocycles. The number of hydrogen-bond acceptors (Lipinski definition) is 3. The summed E-state index contributed by atoms with van der Waals surface area (Å²) in [5.41, 5.74) is -2.29. The summed E-state index contributed by atoms with van der Waals surface area (Å²) in [6.45, 7) is 1.57. The third-order valence-corrected chi connectivity index (χ3v) is 3.97. The first-order chi connectivity index (χ1) is 13.0. The first kappa shape index (κ1) is 19.4. The number of halogens is 6. The molecule has 0 radical (unpaired) electrons. The summed E-state index contributed by atoms with van der Waals surface area (Å²) in [7, 11) is 0. The Kier molecular flexibility index (Phi) is 4.62. The molecule has 0 aliphatic carbocycles. The molecule has 10 heteroatoms. The van der Waals surface area contributed by atoms with Crippen molar-refractivity contribution < 1.29 is 26.3 Å². The molecule has 0 unspecified atom stereocenters. The molecule has 0 amide bonds. The van der Waals surface area contributed by atoms with Gasteiger partial charge in [-0.25, -0.2) is 5.10 Å². The van der Waals surface area contributed by atoms with Crippen molar-refractivity contribution in [3.8, 4) is 28.5 Å². The van der Waals surface area contributed by atoms with Crippen molar-refractivity contribution in [2.75, 3.05) is 0 Å². The lowest BCUT2D eigenvalue weighted by Gasteiger charge is -2.17. The fourth-order valence-corrected chi connectivity index (χ4v) is 2.79. The topological polar surface area (TPSA) is 65.4 Å². The molecule has 144 valence electrons.